The summed E-state index contributed by atoms with van der Waals surface area (Å²) < 4.78 is 7.82. The number of para-hydroxylation sites is 1. The molecule has 0 aliphatic carbocycles. The molecular weight excluding hydrogens is 432 g/mol. The van der Waals surface area contributed by atoms with Crippen LogP contribution in [0.25, 0.3) is 22.6 Å². The summed E-state index contributed by atoms with van der Waals surface area (Å²) in [5.41, 5.74) is 3.35. The molecule has 0 fully saturated rings. The molecule has 0 spiro atoms. The van der Waals surface area contributed by atoms with Gasteiger partial charge in [0.1, 0.15) is 5.69 Å². The van der Waals surface area contributed by atoms with Gasteiger partial charge in [-0.05, 0) is 48.5 Å². The summed E-state index contributed by atoms with van der Waals surface area (Å²) in [5.74, 6) is -0.528. The zero-order valence-corrected chi connectivity index (χ0v) is 17.6. The van der Waals surface area contributed by atoms with E-state index in [2.05, 4.69) is 5.10 Å². The van der Waals surface area contributed by atoms with Crippen LogP contribution in [0, 0.1) is 0 Å². The molecule has 0 saturated carbocycles. The highest BCUT2D eigenvalue weighted by Gasteiger charge is 2.15. The molecule has 2 heterocycles. The zero-order chi connectivity index (χ0) is 21.2. The minimum Gasteiger partial charge on any atom is -0.395 e. The fourth-order valence-electron chi connectivity index (χ4n) is 3.12. The molecule has 0 atom stereocenters. The van der Waals surface area contributed by atoms with Gasteiger partial charge in [0.2, 0.25) is 6.39 Å². The molecule has 3 aromatic carbocycles. The van der Waals surface area contributed by atoms with E-state index in [1.165, 1.54) is 4.68 Å². The van der Waals surface area contributed by atoms with Gasteiger partial charge in [-0.2, -0.15) is 9.78 Å². The molecule has 0 aliphatic heterocycles. The molecule has 0 N–H and O–H groups in total. The molecule has 0 bridgehead atoms. The molecule has 0 aliphatic rings. The number of hydrogen-bond donors (Lipinski definition) is 0. The van der Waals surface area contributed by atoms with Gasteiger partial charge < -0.3 is 4.42 Å². The van der Waals surface area contributed by atoms with Gasteiger partial charge in [-0.1, -0.05) is 53.7 Å². The van der Waals surface area contributed by atoms with Crippen LogP contribution in [0.3, 0.4) is 0 Å². The van der Waals surface area contributed by atoms with Crippen molar-refractivity contribution in [1.29, 1.82) is 0 Å². The van der Waals surface area contributed by atoms with Crippen molar-refractivity contribution in [2.24, 2.45) is 0 Å². The first-order valence-corrected chi connectivity index (χ1v) is 10.6. The van der Waals surface area contributed by atoms with E-state index in [9.17, 15) is 4.79 Å². The van der Waals surface area contributed by atoms with Gasteiger partial charge >= 0.3 is 5.76 Å². The topological polar surface area (TPSA) is 65.8 Å². The molecule has 8 heteroatoms. The van der Waals surface area contributed by atoms with Crippen LogP contribution >= 0.6 is 23.4 Å². The van der Waals surface area contributed by atoms with Crippen molar-refractivity contribution in [3.63, 3.8) is 0 Å². The molecule has 6 nitrogen and oxygen atoms in total. The van der Waals surface area contributed by atoms with Gasteiger partial charge in [-0.25, -0.2) is 9.48 Å². The number of halogens is 1. The largest absolute Gasteiger partial charge is 0.441 e. The molecule has 31 heavy (non-hydrogen) atoms. The fourth-order valence-corrected chi connectivity index (χ4v) is 4.18. The van der Waals surface area contributed by atoms with Crippen molar-refractivity contribution in [3.05, 3.63) is 107 Å². The van der Waals surface area contributed by atoms with Crippen LogP contribution in [0.1, 0.15) is 0 Å². The van der Waals surface area contributed by atoms with Crippen molar-refractivity contribution in [2.45, 2.75) is 9.79 Å². The molecule has 0 unspecified atom stereocenters. The fraction of sp³-hybridized carbons (Fsp3) is 0. The number of benzene rings is 3. The Morgan fingerprint density at radius 1 is 0.871 bits per heavy atom. The van der Waals surface area contributed by atoms with E-state index in [0.717, 1.165) is 33.1 Å². The Morgan fingerprint density at radius 3 is 2.29 bits per heavy atom. The Bertz CT molecular complexity index is 1370. The minimum absolute atomic E-state index is 0.528. The van der Waals surface area contributed by atoms with Crippen LogP contribution in [0.5, 0.6) is 0 Å². The molecule has 2 aromatic heterocycles. The summed E-state index contributed by atoms with van der Waals surface area (Å²) in [7, 11) is 0. The lowest BCUT2D eigenvalue weighted by atomic mass is 10.1. The standard InChI is InChI=1S/C23H15ClN4O2S/c24-17-8-12-20(13-9-17)31-21-14-27(18-4-2-1-3-5-18)26-22(21)16-6-10-19(11-7-16)28-23(29)30-15-25-28/h1-15H. The van der Waals surface area contributed by atoms with Gasteiger partial charge in [0.25, 0.3) is 0 Å². The molecule has 0 radical (unpaired) electrons. The second-order valence-electron chi connectivity index (χ2n) is 6.64. The summed E-state index contributed by atoms with van der Waals surface area (Å²) >= 11 is 7.65. The first-order valence-electron chi connectivity index (χ1n) is 9.39. The van der Waals surface area contributed by atoms with E-state index >= 15 is 0 Å². The van der Waals surface area contributed by atoms with Gasteiger partial charge in [-0.15, -0.1) is 5.10 Å². The van der Waals surface area contributed by atoms with Crippen molar-refractivity contribution >= 4 is 23.4 Å². The number of hydrogen-bond acceptors (Lipinski definition) is 5. The van der Waals surface area contributed by atoms with Crippen LogP contribution in [0.4, 0.5) is 0 Å². The molecular formula is C23H15ClN4O2S. The van der Waals surface area contributed by atoms with E-state index in [4.69, 9.17) is 21.1 Å². The van der Waals surface area contributed by atoms with Gasteiger partial charge in [0.05, 0.1) is 16.3 Å². The predicted molar refractivity (Wildman–Crippen MR) is 120 cm³/mol. The van der Waals surface area contributed by atoms with Crippen molar-refractivity contribution < 1.29 is 4.42 Å². The van der Waals surface area contributed by atoms with E-state index in [1.54, 1.807) is 11.8 Å². The lowest BCUT2D eigenvalue weighted by molar-refractivity contribution is 0.504. The maximum Gasteiger partial charge on any atom is 0.441 e. The lowest BCUT2D eigenvalue weighted by Gasteiger charge is -2.04. The van der Waals surface area contributed by atoms with E-state index in [-0.39, 0.29) is 0 Å². The van der Waals surface area contributed by atoms with E-state index in [0.29, 0.717) is 10.7 Å². The average Bonchev–Trinajstić information content (AvgIpc) is 3.42. The van der Waals surface area contributed by atoms with Crippen molar-refractivity contribution in [1.82, 2.24) is 19.6 Å². The van der Waals surface area contributed by atoms with Crippen molar-refractivity contribution in [3.8, 4) is 22.6 Å². The highest BCUT2D eigenvalue weighted by molar-refractivity contribution is 7.99. The SMILES string of the molecule is O=c1ocnn1-c1ccc(-c2nn(-c3ccccc3)cc2Sc2ccc(Cl)cc2)cc1. The average molecular weight is 447 g/mol. The maximum atomic E-state index is 11.7. The summed E-state index contributed by atoms with van der Waals surface area (Å²) in [5, 5.41) is 9.45. The van der Waals surface area contributed by atoms with Gasteiger partial charge in [-0.3, -0.25) is 0 Å². The van der Waals surface area contributed by atoms with Crippen LogP contribution in [0.2, 0.25) is 5.02 Å². The smallest absolute Gasteiger partial charge is 0.395 e. The Hall–Kier alpha value is -3.55. The van der Waals surface area contributed by atoms with E-state index < -0.39 is 5.76 Å². The highest BCUT2D eigenvalue weighted by atomic mass is 35.5. The van der Waals surface area contributed by atoms with Crippen LogP contribution in [-0.4, -0.2) is 19.6 Å². The quantitative estimate of drug-likeness (QED) is 0.357. The minimum atomic E-state index is -0.528. The predicted octanol–water partition coefficient (Wildman–Crippen LogP) is 5.48. The second-order valence-corrected chi connectivity index (χ2v) is 8.19. The molecule has 5 aromatic rings. The third kappa shape index (κ3) is 4.05. The summed E-state index contributed by atoms with van der Waals surface area (Å²) in [6.07, 6.45) is 3.14. The zero-order valence-electron chi connectivity index (χ0n) is 16.1. The first kappa shape index (κ1) is 19.4. The highest BCUT2D eigenvalue weighted by Crippen LogP contribution is 2.36. The Morgan fingerprint density at radius 2 is 1.61 bits per heavy atom. The first-order chi connectivity index (χ1) is 15.2. The van der Waals surface area contributed by atoms with Crippen LogP contribution < -0.4 is 5.76 Å². The number of nitrogens with zero attached hydrogens (tertiary/aromatic N) is 4. The Balaban J connectivity index is 1.56. The number of rotatable bonds is 5. The van der Waals surface area contributed by atoms with Crippen LogP contribution in [0.15, 0.2) is 110 Å². The van der Waals surface area contributed by atoms with Gasteiger partial charge in [0, 0.05) is 21.7 Å². The van der Waals surface area contributed by atoms with E-state index in [1.807, 2.05) is 89.7 Å². The second kappa shape index (κ2) is 8.29. The Kier molecular flexibility index (Phi) is 5.19. The van der Waals surface area contributed by atoms with Crippen LogP contribution in [-0.2, 0) is 0 Å². The third-order valence-corrected chi connectivity index (χ3v) is 5.90. The summed E-state index contributed by atoms with van der Waals surface area (Å²) in [4.78, 5) is 13.8. The monoisotopic (exact) mass is 446 g/mol. The Labute approximate surface area is 186 Å². The normalized spacial score (nSPS) is 11.0. The molecule has 152 valence electrons. The lowest BCUT2D eigenvalue weighted by Crippen LogP contribution is -2.13. The van der Waals surface area contributed by atoms with Crippen molar-refractivity contribution in [2.75, 3.05) is 0 Å². The third-order valence-electron chi connectivity index (χ3n) is 4.62. The number of aromatic nitrogens is 4. The molecule has 0 saturated heterocycles. The molecule has 5 rings (SSSR count). The van der Waals surface area contributed by atoms with Gasteiger partial charge in [0.15, 0.2) is 0 Å². The molecule has 0 amide bonds. The summed E-state index contributed by atoms with van der Waals surface area (Å²) in [6, 6.07) is 25.1. The summed E-state index contributed by atoms with van der Waals surface area (Å²) in [6.45, 7) is 0. The maximum absolute atomic E-state index is 11.7.